The summed E-state index contributed by atoms with van der Waals surface area (Å²) < 4.78 is 2.20. The summed E-state index contributed by atoms with van der Waals surface area (Å²) in [4.78, 5) is 0. The van der Waals surface area contributed by atoms with Gasteiger partial charge in [0.1, 0.15) is 0 Å². The van der Waals surface area contributed by atoms with Gasteiger partial charge in [-0.2, -0.15) is 16.9 Å². The SMILES string of the molecule is NC(Cc1ccn(C2CCCCC2)n1)C1CCCS1. The van der Waals surface area contributed by atoms with Gasteiger partial charge in [0.25, 0.3) is 0 Å². The van der Waals surface area contributed by atoms with Crippen LogP contribution in [0.4, 0.5) is 0 Å². The van der Waals surface area contributed by atoms with E-state index in [-0.39, 0.29) is 6.04 Å². The highest BCUT2D eigenvalue weighted by Gasteiger charge is 2.24. The molecule has 0 aromatic carbocycles. The van der Waals surface area contributed by atoms with E-state index < -0.39 is 0 Å². The summed E-state index contributed by atoms with van der Waals surface area (Å²) in [5.74, 6) is 1.29. The van der Waals surface area contributed by atoms with Crippen LogP contribution in [0.2, 0.25) is 0 Å². The zero-order chi connectivity index (χ0) is 13.1. The Morgan fingerprint density at radius 3 is 2.84 bits per heavy atom. The standard InChI is InChI=1S/C15H25N3S/c16-14(15-7-4-10-19-15)11-12-8-9-18(17-12)13-5-2-1-3-6-13/h8-9,13-15H,1-7,10-11,16H2. The number of nitrogens with zero attached hydrogens (tertiary/aromatic N) is 2. The maximum Gasteiger partial charge on any atom is 0.0640 e. The summed E-state index contributed by atoms with van der Waals surface area (Å²) in [7, 11) is 0. The van der Waals surface area contributed by atoms with Crippen LogP contribution in [0.5, 0.6) is 0 Å². The monoisotopic (exact) mass is 279 g/mol. The summed E-state index contributed by atoms with van der Waals surface area (Å²) in [6, 6.07) is 3.09. The molecule has 1 aliphatic heterocycles. The molecule has 1 aliphatic carbocycles. The van der Waals surface area contributed by atoms with Gasteiger partial charge in [0, 0.05) is 23.9 Å². The minimum Gasteiger partial charge on any atom is -0.326 e. The average molecular weight is 279 g/mol. The van der Waals surface area contributed by atoms with E-state index in [0.717, 1.165) is 6.42 Å². The Kier molecular flexibility index (Phi) is 4.49. The largest absolute Gasteiger partial charge is 0.326 e. The third kappa shape index (κ3) is 3.34. The topological polar surface area (TPSA) is 43.8 Å². The van der Waals surface area contributed by atoms with Gasteiger partial charge in [-0.3, -0.25) is 4.68 Å². The number of hydrogen-bond donors (Lipinski definition) is 1. The van der Waals surface area contributed by atoms with E-state index in [4.69, 9.17) is 10.8 Å². The van der Waals surface area contributed by atoms with Crippen LogP contribution >= 0.6 is 11.8 Å². The molecule has 106 valence electrons. The molecule has 0 spiro atoms. The van der Waals surface area contributed by atoms with Crippen LogP contribution in [-0.2, 0) is 6.42 Å². The minimum absolute atomic E-state index is 0.280. The van der Waals surface area contributed by atoms with Gasteiger partial charge >= 0.3 is 0 Å². The molecule has 3 nitrogen and oxygen atoms in total. The highest BCUT2D eigenvalue weighted by Crippen LogP contribution is 2.30. The predicted molar refractivity (Wildman–Crippen MR) is 81.5 cm³/mol. The molecule has 3 rings (SSSR count). The van der Waals surface area contributed by atoms with Crippen molar-refractivity contribution in [3.8, 4) is 0 Å². The van der Waals surface area contributed by atoms with E-state index in [9.17, 15) is 0 Å². The van der Waals surface area contributed by atoms with Crippen LogP contribution in [-0.4, -0.2) is 26.8 Å². The fourth-order valence-electron chi connectivity index (χ4n) is 3.35. The number of thioether (sulfide) groups is 1. The van der Waals surface area contributed by atoms with Crippen LogP contribution in [0.1, 0.15) is 56.7 Å². The van der Waals surface area contributed by atoms with Crippen LogP contribution < -0.4 is 5.73 Å². The average Bonchev–Trinajstić information content (AvgIpc) is 3.11. The van der Waals surface area contributed by atoms with Crippen molar-refractivity contribution in [3.05, 3.63) is 18.0 Å². The predicted octanol–water partition coefficient (Wildman–Crippen LogP) is 3.15. The second kappa shape index (κ2) is 6.31. The first-order valence-electron chi connectivity index (χ1n) is 7.74. The van der Waals surface area contributed by atoms with Crippen molar-refractivity contribution >= 4 is 11.8 Å². The van der Waals surface area contributed by atoms with Crippen LogP contribution in [0, 0.1) is 0 Å². The molecule has 2 atom stereocenters. The lowest BCUT2D eigenvalue weighted by molar-refractivity contribution is 0.327. The Morgan fingerprint density at radius 2 is 2.11 bits per heavy atom. The second-order valence-corrected chi connectivity index (χ2v) is 7.35. The number of aromatic nitrogens is 2. The van der Waals surface area contributed by atoms with Crippen molar-refractivity contribution in [1.82, 2.24) is 9.78 Å². The Hall–Kier alpha value is -0.480. The zero-order valence-electron chi connectivity index (χ0n) is 11.6. The molecule has 4 heteroatoms. The lowest BCUT2D eigenvalue weighted by Gasteiger charge is -2.22. The summed E-state index contributed by atoms with van der Waals surface area (Å²) in [6.07, 6.45) is 12.4. The minimum atomic E-state index is 0.280. The summed E-state index contributed by atoms with van der Waals surface area (Å²) in [5.41, 5.74) is 7.51. The molecule has 2 aliphatic rings. The lowest BCUT2D eigenvalue weighted by atomic mass is 9.96. The first kappa shape index (κ1) is 13.5. The first-order chi connectivity index (χ1) is 9.33. The molecule has 19 heavy (non-hydrogen) atoms. The van der Waals surface area contributed by atoms with Gasteiger partial charge in [-0.05, 0) is 37.5 Å². The van der Waals surface area contributed by atoms with E-state index in [1.165, 1.54) is 56.4 Å². The van der Waals surface area contributed by atoms with E-state index >= 15 is 0 Å². The van der Waals surface area contributed by atoms with E-state index in [0.29, 0.717) is 11.3 Å². The Labute approximate surface area is 120 Å². The van der Waals surface area contributed by atoms with Crippen molar-refractivity contribution < 1.29 is 0 Å². The molecule has 1 aromatic rings. The molecule has 0 bridgehead atoms. The molecule has 2 heterocycles. The molecule has 1 aromatic heterocycles. The maximum absolute atomic E-state index is 6.33. The highest BCUT2D eigenvalue weighted by atomic mass is 32.2. The summed E-state index contributed by atoms with van der Waals surface area (Å²) >= 11 is 2.05. The number of nitrogens with two attached hydrogens (primary N) is 1. The van der Waals surface area contributed by atoms with Gasteiger partial charge < -0.3 is 5.73 Å². The van der Waals surface area contributed by atoms with Gasteiger partial charge in [0.05, 0.1) is 11.7 Å². The molecular weight excluding hydrogens is 254 g/mol. The highest BCUT2D eigenvalue weighted by molar-refractivity contribution is 8.00. The quantitative estimate of drug-likeness (QED) is 0.920. The van der Waals surface area contributed by atoms with Crippen LogP contribution in [0.3, 0.4) is 0 Å². The summed E-state index contributed by atoms with van der Waals surface area (Å²) in [6.45, 7) is 0. The second-order valence-electron chi connectivity index (χ2n) is 6.00. The zero-order valence-corrected chi connectivity index (χ0v) is 12.4. The fourth-order valence-corrected chi connectivity index (χ4v) is 4.66. The third-order valence-electron chi connectivity index (χ3n) is 4.50. The third-order valence-corrected chi connectivity index (χ3v) is 6.04. The molecule has 1 saturated heterocycles. The Bertz CT molecular complexity index is 392. The number of rotatable bonds is 4. The summed E-state index contributed by atoms with van der Waals surface area (Å²) in [5, 5.41) is 5.43. The van der Waals surface area contributed by atoms with Crippen molar-refractivity contribution in [1.29, 1.82) is 0 Å². The van der Waals surface area contributed by atoms with Gasteiger partial charge in [-0.25, -0.2) is 0 Å². The van der Waals surface area contributed by atoms with Crippen molar-refractivity contribution in [2.24, 2.45) is 5.73 Å². The molecule has 0 amide bonds. The molecule has 2 unspecified atom stereocenters. The van der Waals surface area contributed by atoms with Gasteiger partial charge in [0.15, 0.2) is 0 Å². The Morgan fingerprint density at radius 1 is 1.26 bits per heavy atom. The van der Waals surface area contributed by atoms with Crippen molar-refractivity contribution in [2.45, 2.75) is 68.7 Å². The number of hydrogen-bond acceptors (Lipinski definition) is 3. The van der Waals surface area contributed by atoms with Crippen molar-refractivity contribution in [3.63, 3.8) is 0 Å². The normalized spacial score (nSPS) is 26.7. The van der Waals surface area contributed by atoms with Gasteiger partial charge in [-0.1, -0.05) is 19.3 Å². The van der Waals surface area contributed by atoms with Gasteiger partial charge in [-0.15, -0.1) is 0 Å². The lowest BCUT2D eigenvalue weighted by Crippen LogP contribution is -2.33. The van der Waals surface area contributed by atoms with Gasteiger partial charge in [0.2, 0.25) is 0 Å². The van der Waals surface area contributed by atoms with Crippen LogP contribution in [0.25, 0.3) is 0 Å². The molecule has 1 saturated carbocycles. The van der Waals surface area contributed by atoms with Crippen molar-refractivity contribution in [2.75, 3.05) is 5.75 Å². The van der Waals surface area contributed by atoms with E-state index in [2.05, 4.69) is 16.9 Å². The molecular formula is C15H25N3S. The molecule has 0 radical (unpaired) electrons. The smallest absolute Gasteiger partial charge is 0.0640 e. The molecule has 2 fully saturated rings. The van der Waals surface area contributed by atoms with E-state index in [1.807, 2.05) is 11.8 Å². The van der Waals surface area contributed by atoms with Crippen LogP contribution in [0.15, 0.2) is 12.3 Å². The fraction of sp³-hybridized carbons (Fsp3) is 0.800. The molecule has 2 N–H and O–H groups in total. The maximum atomic E-state index is 6.33. The van der Waals surface area contributed by atoms with E-state index in [1.54, 1.807) is 0 Å². The Balaban J connectivity index is 1.57. The first-order valence-corrected chi connectivity index (χ1v) is 8.79.